The lowest BCUT2D eigenvalue weighted by Crippen LogP contribution is -2.56. The van der Waals surface area contributed by atoms with Crippen LogP contribution in [0.25, 0.3) is 5.69 Å². The molecule has 2 atom stereocenters. The maximum Gasteiger partial charge on any atom is 0.410 e. The van der Waals surface area contributed by atoms with Gasteiger partial charge in [0.05, 0.1) is 23.5 Å². The molecule has 8 heteroatoms. The van der Waals surface area contributed by atoms with Crippen molar-refractivity contribution in [1.82, 2.24) is 20.0 Å². The quantitative estimate of drug-likeness (QED) is 0.825. The molecule has 0 saturated carbocycles. The lowest BCUT2D eigenvalue weighted by Gasteiger charge is -2.40. The minimum absolute atomic E-state index is 0.209. The fourth-order valence-corrected chi connectivity index (χ4v) is 3.66. The van der Waals surface area contributed by atoms with E-state index in [2.05, 4.69) is 10.4 Å². The summed E-state index contributed by atoms with van der Waals surface area (Å²) in [5.74, 6) is -0.706. The van der Waals surface area contributed by atoms with E-state index in [1.165, 1.54) is 16.9 Å². The molecule has 3 rings (SSSR count). The van der Waals surface area contributed by atoms with Crippen LogP contribution in [-0.4, -0.2) is 50.9 Å². The Hall–Kier alpha value is -2.90. The molecule has 1 fully saturated rings. The summed E-state index contributed by atoms with van der Waals surface area (Å²) in [4.78, 5) is 27.1. The highest BCUT2D eigenvalue weighted by atomic mass is 19.1. The van der Waals surface area contributed by atoms with E-state index in [1.807, 2.05) is 27.7 Å². The molecule has 2 heterocycles. The number of carbonyl (C=O) groups excluding carboxylic acids is 2. The lowest BCUT2D eigenvalue weighted by atomic mass is 9.97. The molecule has 1 saturated heterocycles. The van der Waals surface area contributed by atoms with E-state index < -0.39 is 11.4 Å². The summed E-state index contributed by atoms with van der Waals surface area (Å²) < 4.78 is 21.0. The van der Waals surface area contributed by atoms with Crippen LogP contribution in [0.3, 0.4) is 0 Å². The SMILES string of the molecule is Cc1c(C(=O)N[C@H]2CCCN(C(=O)OC(C)(C)C)[C@@H]2C)cnn1-c1ccccc1F. The standard InChI is InChI=1S/C22H29FN4O3/c1-14-16(13-24-27(14)19-11-7-6-9-17(19)23)20(28)25-18-10-8-12-26(15(18)2)21(29)30-22(3,4)5/h6-7,9,11,13,15,18H,8,10,12H2,1-5H3,(H,25,28)/t15-,18+/m1/s1. The van der Waals surface area contributed by atoms with Crippen molar-refractivity contribution in [2.24, 2.45) is 0 Å². The molecular weight excluding hydrogens is 387 g/mol. The molecule has 1 aliphatic rings. The molecule has 1 N–H and O–H groups in total. The van der Waals surface area contributed by atoms with Crippen molar-refractivity contribution < 1.29 is 18.7 Å². The van der Waals surface area contributed by atoms with Crippen LogP contribution < -0.4 is 5.32 Å². The molecule has 30 heavy (non-hydrogen) atoms. The Morgan fingerprint density at radius 3 is 2.63 bits per heavy atom. The van der Waals surface area contributed by atoms with Crippen molar-refractivity contribution in [3.8, 4) is 5.69 Å². The molecule has 1 aliphatic heterocycles. The van der Waals surface area contributed by atoms with Crippen molar-refractivity contribution in [2.75, 3.05) is 6.54 Å². The van der Waals surface area contributed by atoms with Gasteiger partial charge >= 0.3 is 6.09 Å². The first-order valence-electron chi connectivity index (χ1n) is 10.2. The average Bonchev–Trinajstić information content (AvgIpc) is 3.03. The molecule has 0 spiro atoms. The second-order valence-corrected chi connectivity index (χ2v) is 8.64. The highest BCUT2D eigenvalue weighted by Gasteiger charge is 2.35. The van der Waals surface area contributed by atoms with Gasteiger partial charge in [0.25, 0.3) is 5.91 Å². The number of carbonyl (C=O) groups is 2. The second kappa shape index (κ2) is 8.45. The highest BCUT2D eigenvalue weighted by molar-refractivity contribution is 5.95. The van der Waals surface area contributed by atoms with Gasteiger partial charge in [-0.1, -0.05) is 12.1 Å². The van der Waals surface area contributed by atoms with E-state index in [0.29, 0.717) is 17.8 Å². The van der Waals surface area contributed by atoms with Gasteiger partial charge in [-0.15, -0.1) is 0 Å². The molecule has 1 aromatic carbocycles. The molecule has 7 nitrogen and oxygen atoms in total. The Bertz CT molecular complexity index is 935. The number of piperidine rings is 1. The van der Waals surface area contributed by atoms with Gasteiger partial charge in [0.15, 0.2) is 0 Å². The van der Waals surface area contributed by atoms with Crippen molar-refractivity contribution in [3.63, 3.8) is 0 Å². The Labute approximate surface area is 176 Å². The Kier molecular flexibility index (Phi) is 6.14. The minimum atomic E-state index is -0.578. The van der Waals surface area contributed by atoms with E-state index >= 15 is 0 Å². The fraction of sp³-hybridized carbons (Fsp3) is 0.500. The third-order valence-corrected chi connectivity index (χ3v) is 5.27. The van der Waals surface area contributed by atoms with Gasteiger partial charge in [0.2, 0.25) is 0 Å². The number of hydrogen-bond acceptors (Lipinski definition) is 4. The molecule has 0 unspecified atom stereocenters. The van der Waals surface area contributed by atoms with Crippen LogP contribution in [-0.2, 0) is 4.74 Å². The van der Waals surface area contributed by atoms with Gasteiger partial charge in [-0.2, -0.15) is 5.10 Å². The van der Waals surface area contributed by atoms with Gasteiger partial charge in [-0.25, -0.2) is 13.9 Å². The van der Waals surface area contributed by atoms with Crippen LogP contribution >= 0.6 is 0 Å². The normalized spacial score (nSPS) is 19.5. The number of hydrogen-bond donors (Lipinski definition) is 1. The molecule has 0 radical (unpaired) electrons. The predicted octanol–water partition coefficient (Wildman–Crippen LogP) is 3.84. The summed E-state index contributed by atoms with van der Waals surface area (Å²) in [6.45, 7) is 9.71. The maximum absolute atomic E-state index is 14.1. The third kappa shape index (κ3) is 4.63. The smallest absolute Gasteiger partial charge is 0.410 e. The number of nitrogens with one attached hydrogen (secondary N) is 1. The van der Waals surface area contributed by atoms with E-state index in [4.69, 9.17) is 4.74 Å². The van der Waals surface area contributed by atoms with Crippen LogP contribution in [0.2, 0.25) is 0 Å². The number of aromatic nitrogens is 2. The van der Waals surface area contributed by atoms with E-state index in [1.54, 1.807) is 30.0 Å². The number of rotatable bonds is 3. The first-order valence-corrected chi connectivity index (χ1v) is 10.2. The minimum Gasteiger partial charge on any atom is -0.444 e. The molecule has 0 bridgehead atoms. The van der Waals surface area contributed by atoms with Gasteiger partial charge < -0.3 is 15.0 Å². The summed E-state index contributed by atoms with van der Waals surface area (Å²) in [6, 6.07) is 5.86. The largest absolute Gasteiger partial charge is 0.444 e. The van der Waals surface area contributed by atoms with Gasteiger partial charge in [-0.05, 0) is 59.6 Å². The summed E-state index contributed by atoms with van der Waals surface area (Å²) in [5, 5.41) is 7.21. The molecular formula is C22H29FN4O3. The number of nitrogens with zero attached hydrogens (tertiary/aromatic N) is 3. The van der Waals surface area contributed by atoms with Crippen molar-refractivity contribution in [1.29, 1.82) is 0 Å². The van der Waals surface area contributed by atoms with Crippen LogP contribution in [0.1, 0.15) is 56.6 Å². The Morgan fingerprint density at radius 1 is 1.27 bits per heavy atom. The Morgan fingerprint density at radius 2 is 1.97 bits per heavy atom. The zero-order valence-corrected chi connectivity index (χ0v) is 18.1. The predicted molar refractivity (Wildman–Crippen MR) is 111 cm³/mol. The topological polar surface area (TPSA) is 76.5 Å². The average molecular weight is 416 g/mol. The zero-order chi connectivity index (χ0) is 22.1. The first-order chi connectivity index (χ1) is 14.1. The lowest BCUT2D eigenvalue weighted by molar-refractivity contribution is 0.00699. The first kappa shape index (κ1) is 21.8. The summed E-state index contributed by atoms with van der Waals surface area (Å²) >= 11 is 0. The molecule has 0 aliphatic carbocycles. The number of amides is 2. The fourth-order valence-electron chi connectivity index (χ4n) is 3.66. The molecule has 1 aromatic heterocycles. The van der Waals surface area contributed by atoms with E-state index in [-0.39, 0.29) is 29.8 Å². The van der Waals surface area contributed by atoms with Crippen LogP contribution in [0, 0.1) is 12.7 Å². The maximum atomic E-state index is 14.1. The number of benzene rings is 1. The van der Waals surface area contributed by atoms with Gasteiger partial charge in [-0.3, -0.25) is 4.79 Å². The number of ether oxygens (including phenoxy) is 1. The van der Waals surface area contributed by atoms with Crippen molar-refractivity contribution in [3.05, 3.63) is 47.5 Å². The second-order valence-electron chi connectivity index (χ2n) is 8.64. The Balaban J connectivity index is 1.73. The van der Waals surface area contributed by atoms with Crippen molar-refractivity contribution in [2.45, 2.75) is 65.1 Å². The number of likely N-dealkylation sites (tertiary alicyclic amines) is 1. The van der Waals surface area contributed by atoms with Crippen LogP contribution in [0.5, 0.6) is 0 Å². The number of para-hydroxylation sites is 1. The molecule has 2 aromatic rings. The van der Waals surface area contributed by atoms with Crippen LogP contribution in [0.4, 0.5) is 9.18 Å². The van der Waals surface area contributed by atoms with E-state index in [9.17, 15) is 14.0 Å². The van der Waals surface area contributed by atoms with Crippen LogP contribution in [0.15, 0.2) is 30.5 Å². The van der Waals surface area contributed by atoms with Gasteiger partial charge in [0, 0.05) is 12.6 Å². The summed E-state index contributed by atoms with van der Waals surface area (Å²) in [6.07, 6.45) is 2.59. The monoisotopic (exact) mass is 416 g/mol. The molecule has 162 valence electrons. The van der Waals surface area contributed by atoms with Crippen molar-refractivity contribution >= 4 is 12.0 Å². The summed E-state index contributed by atoms with van der Waals surface area (Å²) in [5.41, 5.74) is 0.631. The number of halogens is 1. The summed E-state index contributed by atoms with van der Waals surface area (Å²) in [7, 11) is 0. The highest BCUT2D eigenvalue weighted by Crippen LogP contribution is 2.22. The third-order valence-electron chi connectivity index (χ3n) is 5.27. The van der Waals surface area contributed by atoms with Gasteiger partial charge in [0.1, 0.15) is 17.1 Å². The van der Waals surface area contributed by atoms with E-state index in [0.717, 1.165) is 12.8 Å². The zero-order valence-electron chi connectivity index (χ0n) is 18.1. The molecule has 2 amide bonds.